The molecule has 0 aliphatic rings. The van der Waals surface area contributed by atoms with Crippen molar-refractivity contribution in [3.05, 3.63) is 66.2 Å². The molecule has 0 saturated carbocycles. The predicted molar refractivity (Wildman–Crippen MR) is 86.6 cm³/mol. The molecule has 21 heavy (non-hydrogen) atoms. The Morgan fingerprint density at radius 2 is 1.52 bits per heavy atom. The van der Waals surface area contributed by atoms with E-state index in [1.54, 1.807) is 12.1 Å². The van der Waals surface area contributed by atoms with Crippen LogP contribution in [0.4, 0.5) is 17.1 Å². The number of benzene rings is 3. The number of primary amides is 1. The Morgan fingerprint density at radius 1 is 0.857 bits per heavy atom. The summed E-state index contributed by atoms with van der Waals surface area (Å²) in [4.78, 5) is 11.4. The highest BCUT2D eigenvalue weighted by Crippen LogP contribution is 2.30. The van der Waals surface area contributed by atoms with Gasteiger partial charge in [0.1, 0.15) is 0 Å². The molecule has 0 spiro atoms. The third-order valence-corrected chi connectivity index (χ3v) is 3.43. The van der Waals surface area contributed by atoms with Crippen LogP contribution in [0, 0.1) is 0 Å². The molecule has 0 aliphatic carbocycles. The summed E-state index contributed by atoms with van der Waals surface area (Å²) < 4.78 is 0. The van der Waals surface area contributed by atoms with Gasteiger partial charge < -0.3 is 16.8 Å². The molecule has 3 aromatic rings. The van der Waals surface area contributed by atoms with Gasteiger partial charge in [0.25, 0.3) is 5.91 Å². The molecule has 0 fully saturated rings. The maximum atomic E-state index is 11.4. The molecule has 4 nitrogen and oxygen atoms in total. The number of carbonyl (C=O) groups excluding carboxylic acids is 1. The summed E-state index contributed by atoms with van der Waals surface area (Å²) in [6, 6.07) is 19.2. The van der Waals surface area contributed by atoms with E-state index in [4.69, 9.17) is 11.5 Å². The van der Waals surface area contributed by atoms with E-state index in [2.05, 4.69) is 5.32 Å². The first-order valence-electron chi connectivity index (χ1n) is 6.60. The topological polar surface area (TPSA) is 81.1 Å². The molecule has 0 heterocycles. The third kappa shape index (κ3) is 2.39. The Morgan fingerprint density at radius 3 is 2.33 bits per heavy atom. The lowest BCUT2D eigenvalue weighted by atomic mass is 10.1. The van der Waals surface area contributed by atoms with Gasteiger partial charge in [-0.25, -0.2) is 0 Å². The van der Waals surface area contributed by atoms with Crippen molar-refractivity contribution in [3.63, 3.8) is 0 Å². The van der Waals surface area contributed by atoms with Crippen molar-refractivity contribution >= 4 is 33.7 Å². The number of amides is 1. The van der Waals surface area contributed by atoms with Crippen LogP contribution in [0.5, 0.6) is 0 Å². The highest BCUT2D eigenvalue weighted by molar-refractivity contribution is 6.02. The molecule has 1 amide bonds. The highest BCUT2D eigenvalue weighted by atomic mass is 16.1. The van der Waals surface area contributed by atoms with Crippen LogP contribution in [0.1, 0.15) is 10.4 Å². The number of fused-ring (bicyclic) bond motifs is 1. The average molecular weight is 277 g/mol. The molecule has 0 bridgehead atoms. The lowest BCUT2D eigenvalue weighted by Crippen LogP contribution is -2.14. The Labute approximate surface area is 122 Å². The number of nitrogens with two attached hydrogens (primary N) is 2. The van der Waals surface area contributed by atoms with Crippen LogP contribution in [-0.2, 0) is 0 Å². The Balaban J connectivity index is 2.07. The Kier molecular flexibility index (Phi) is 3.20. The van der Waals surface area contributed by atoms with E-state index in [-0.39, 0.29) is 0 Å². The number of nitrogen functional groups attached to an aromatic ring is 1. The third-order valence-electron chi connectivity index (χ3n) is 3.43. The number of nitrogens with one attached hydrogen (secondary N) is 1. The van der Waals surface area contributed by atoms with E-state index < -0.39 is 5.91 Å². The van der Waals surface area contributed by atoms with Crippen molar-refractivity contribution in [2.45, 2.75) is 0 Å². The number of para-hydroxylation sites is 1. The van der Waals surface area contributed by atoms with Gasteiger partial charge in [0, 0.05) is 11.1 Å². The van der Waals surface area contributed by atoms with E-state index in [0.29, 0.717) is 16.9 Å². The van der Waals surface area contributed by atoms with E-state index >= 15 is 0 Å². The van der Waals surface area contributed by atoms with Gasteiger partial charge in [-0.2, -0.15) is 0 Å². The molecule has 4 heteroatoms. The fourth-order valence-electron chi connectivity index (χ4n) is 2.37. The molecule has 0 aliphatic heterocycles. The molecule has 3 rings (SSSR count). The number of anilines is 3. The number of hydrogen-bond acceptors (Lipinski definition) is 3. The largest absolute Gasteiger partial charge is 0.396 e. The normalized spacial score (nSPS) is 10.5. The number of rotatable bonds is 3. The zero-order valence-electron chi connectivity index (χ0n) is 11.3. The molecule has 5 N–H and O–H groups in total. The van der Waals surface area contributed by atoms with Crippen LogP contribution in [0.3, 0.4) is 0 Å². The molecular weight excluding hydrogens is 262 g/mol. The fraction of sp³-hybridized carbons (Fsp3) is 0. The summed E-state index contributed by atoms with van der Waals surface area (Å²) in [5.74, 6) is -0.533. The Bertz CT molecular complexity index is 822. The lowest BCUT2D eigenvalue weighted by Gasteiger charge is -2.13. The van der Waals surface area contributed by atoms with Gasteiger partial charge in [0.2, 0.25) is 0 Å². The maximum Gasteiger partial charge on any atom is 0.250 e. The Hall–Kier alpha value is -3.01. The van der Waals surface area contributed by atoms with Crippen LogP contribution in [0.25, 0.3) is 10.8 Å². The van der Waals surface area contributed by atoms with Crippen LogP contribution < -0.4 is 16.8 Å². The predicted octanol–water partition coefficient (Wildman–Crippen LogP) is 3.26. The summed E-state index contributed by atoms with van der Waals surface area (Å²) in [5.41, 5.74) is 13.6. The summed E-state index contributed by atoms with van der Waals surface area (Å²) in [7, 11) is 0. The van der Waals surface area contributed by atoms with E-state index in [9.17, 15) is 4.79 Å². The summed E-state index contributed by atoms with van der Waals surface area (Å²) in [5, 5.41) is 5.50. The molecule has 0 saturated heterocycles. The summed E-state index contributed by atoms with van der Waals surface area (Å²) in [6.45, 7) is 0. The van der Waals surface area contributed by atoms with E-state index in [1.165, 1.54) is 0 Å². The van der Waals surface area contributed by atoms with Gasteiger partial charge in [0.15, 0.2) is 0 Å². The zero-order chi connectivity index (χ0) is 14.8. The van der Waals surface area contributed by atoms with Crippen molar-refractivity contribution < 1.29 is 4.79 Å². The molecule has 3 aromatic carbocycles. The first-order chi connectivity index (χ1) is 10.2. The number of hydrogen-bond donors (Lipinski definition) is 3. The molecule has 0 radical (unpaired) electrons. The van der Waals surface area contributed by atoms with E-state index in [1.807, 2.05) is 48.5 Å². The maximum absolute atomic E-state index is 11.4. The smallest absolute Gasteiger partial charge is 0.250 e. The van der Waals surface area contributed by atoms with Crippen molar-refractivity contribution in [1.82, 2.24) is 0 Å². The van der Waals surface area contributed by atoms with Gasteiger partial charge in [-0.1, -0.05) is 42.5 Å². The SMILES string of the molecule is NC(=O)c1cccc(Nc2cccc3ccccc23)c1N. The summed E-state index contributed by atoms with van der Waals surface area (Å²) >= 11 is 0. The first-order valence-corrected chi connectivity index (χ1v) is 6.60. The van der Waals surface area contributed by atoms with E-state index in [0.717, 1.165) is 16.5 Å². The van der Waals surface area contributed by atoms with Crippen LogP contribution in [0.2, 0.25) is 0 Å². The monoisotopic (exact) mass is 277 g/mol. The fourth-order valence-corrected chi connectivity index (χ4v) is 2.37. The van der Waals surface area contributed by atoms with Gasteiger partial charge in [-0.15, -0.1) is 0 Å². The van der Waals surface area contributed by atoms with Gasteiger partial charge in [0.05, 0.1) is 16.9 Å². The average Bonchev–Trinajstić information content (AvgIpc) is 2.49. The summed E-state index contributed by atoms with van der Waals surface area (Å²) in [6.07, 6.45) is 0. The lowest BCUT2D eigenvalue weighted by molar-refractivity contribution is 0.100. The standard InChI is InChI=1S/C17H15N3O/c18-16-13(17(19)21)8-4-10-15(16)20-14-9-3-6-11-5-1-2-7-12(11)14/h1-10,20H,18H2,(H2,19,21). The van der Waals surface area contributed by atoms with Gasteiger partial charge in [-0.3, -0.25) is 4.79 Å². The van der Waals surface area contributed by atoms with Crippen molar-refractivity contribution in [1.29, 1.82) is 0 Å². The minimum Gasteiger partial charge on any atom is -0.396 e. The minimum absolute atomic E-state index is 0.320. The van der Waals surface area contributed by atoms with Crippen molar-refractivity contribution in [2.75, 3.05) is 11.1 Å². The molecule has 104 valence electrons. The first kappa shape index (κ1) is 13.0. The van der Waals surface area contributed by atoms with Gasteiger partial charge in [-0.05, 0) is 23.6 Å². The van der Waals surface area contributed by atoms with Crippen molar-refractivity contribution in [2.24, 2.45) is 5.73 Å². The van der Waals surface area contributed by atoms with Crippen LogP contribution >= 0.6 is 0 Å². The second-order valence-electron chi connectivity index (χ2n) is 4.78. The number of carbonyl (C=O) groups is 1. The second kappa shape index (κ2) is 5.17. The van der Waals surface area contributed by atoms with Crippen LogP contribution in [-0.4, -0.2) is 5.91 Å². The molecule has 0 unspecified atom stereocenters. The molecule has 0 atom stereocenters. The highest BCUT2D eigenvalue weighted by Gasteiger charge is 2.10. The molecular formula is C17H15N3O. The second-order valence-corrected chi connectivity index (χ2v) is 4.78. The van der Waals surface area contributed by atoms with Crippen LogP contribution in [0.15, 0.2) is 60.7 Å². The molecule has 0 aromatic heterocycles. The quantitative estimate of drug-likeness (QED) is 0.643. The zero-order valence-corrected chi connectivity index (χ0v) is 11.3. The van der Waals surface area contributed by atoms with Crippen molar-refractivity contribution in [3.8, 4) is 0 Å². The van der Waals surface area contributed by atoms with Gasteiger partial charge >= 0.3 is 0 Å². The minimum atomic E-state index is -0.533.